The minimum atomic E-state index is -0.436. The predicted molar refractivity (Wildman–Crippen MR) is 49.8 cm³/mol. The van der Waals surface area contributed by atoms with E-state index in [4.69, 9.17) is 9.47 Å². The average Bonchev–Trinajstić information content (AvgIpc) is 2.58. The van der Waals surface area contributed by atoms with Gasteiger partial charge in [-0.3, -0.25) is 4.90 Å². The Morgan fingerprint density at radius 1 is 1.29 bits per heavy atom. The molecule has 0 amide bonds. The molecule has 3 aliphatic rings. The summed E-state index contributed by atoms with van der Waals surface area (Å²) in [5.41, 5.74) is 0. The van der Waals surface area contributed by atoms with Gasteiger partial charge in [0.25, 0.3) is 0 Å². The molecule has 0 aromatic carbocycles. The number of hydrogen-bond donors (Lipinski definition) is 1. The van der Waals surface area contributed by atoms with Crippen molar-refractivity contribution in [2.75, 3.05) is 13.1 Å². The topological polar surface area (TPSA) is 41.9 Å². The smallest absolute Gasteiger partial charge is 0.163 e. The molecule has 0 radical (unpaired) electrons. The Labute approximate surface area is 83.8 Å². The van der Waals surface area contributed by atoms with Crippen LogP contribution in [0, 0.1) is 0 Å². The molecule has 4 atom stereocenters. The zero-order chi connectivity index (χ0) is 9.92. The molecule has 4 heteroatoms. The van der Waals surface area contributed by atoms with E-state index in [0.29, 0.717) is 6.04 Å². The molecule has 0 bridgehead atoms. The van der Waals surface area contributed by atoms with E-state index in [0.717, 1.165) is 19.5 Å². The molecule has 0 spiro atoms. The molecule has 0 aliphatic carbocycles. The predicted octanol–water partition coefficient (Wildman–Crippen LogP) is -0.0447. The maximum Gasteiger partial charge on any atom is 0.163 e. The van der Waals surface area contributed by atoms with E-state index in [2.05, 4.69) is 4.90 Å². The lowest BCUT2D eigenvalue weighted by atomic mass is 10.1. The van der Waals surface area contributed by atoms with Crippen LogP contribution in [0.1, 0.15) is 20.3 Å². The minimum absolute atomic E-state index is 0.169. The summed E-state index contributed by atoms with van der Waals surface area (Å²) in [6.07, 6.45) is 1.04. The molecule has 3 heterocycles. The number of ether oxygens (including phenoxy) is 2. The summed E-state index contributed by atoms with van der Waals surface area (Å²) in [6.45, 7) is 5.61. The quantitative estimate of drug-likeness (QED) is 0.594. The molecule has 1 N–H and O–H groups in total. The Morgan fingerprint density at radius 3 is 2.86 bits per heavy atom. The Bertz CT molecular complexity index is 256. The van der Waals surface area contributed by atoms with Gasteiger partial charge in [-0.05, 0) is 20.3 Å². The van der Waals surface area contributed by atoms with Gasteiger partial charge in [-0.25, -0.2) is 0 Å². The van der Waals surface area contributed by atoms with Crippen molar-refractivity contribution in [3.63, 3.8) is 0 Å². The van der Waals surface area contributed by atoms with Gasteiger partial charge in [0.1, 0.15) is 12.2 Å². The second-order valence-electron chi connectivity index (χ2n) is 5.05. The average molecular weight is 199 g/mol. The van der Waals surface area contributed by atoms with Crippen LogP contribution in [0.4, 0.5) is 0 Å². The fourth-order valence-corrected chi connectivity index (χ4v) is 3.02. The van der Waals surface area contributed by atoms with Crippen LogP contribution in [-0.4, -0.2) is 53.2 Å². The summed E-state index contributed by atoms with van der Waals surface area (Å²) in [6, 6.07) is 0.372. The summed E-state index contributed by atoms with van der Waals surface area (Å²) >= 11 is 0. The number of fused-ring (bicyclic) bond motifs is 3. The highest BCUT2D eigenvalue weighted by Crippen LogP contribution is 2.40. The van der Waals surface area contributed by atoms with Gasteiger partial charge in [0.2, 0.25) is 0 Å². The molecule has 3 fully saturated rings. The van der Waals surface area contributed by atoms with Crippen molar-refractivity contribution in [2.24, 2.45) is 0 Å². The molecule has 14 heavy (non-hydrogen) atoms. The molecule has 0 aromatic heterocycles. The van der Waals surface area contributed by atoms with Gasteiger partial charge in [0.05, 0.1) is 6.10 Å². The van der Waals surface area contributed by atoms with Crippen LogP contribution in [0.25, 0.3) is 0 Å². The fourth-order valence-electron chi connectivity index (χ4n) is 3.02. The lowest BCUT2D eigenvalue weighted by molar-refractivity contribution is -0.159. The summed E-state index contributed by atoms with van der Waals surface area (Å²) in [5, 5.41) is 9.55. The van der Waals surface area contributed by atoms with Crippen molar-refractivity contribution in [1.29, 1.82) is 0 Å². The molecule has 4 nitrogen and oxygen atoms in total. The third kappa shape index (κ3) is 1.21. The third-order valence-electron chi connectivity index (χ3n) is 3.44. The summed E-state index contributed by atoms with van der Waals surface area (Å²) in [5.74, 6) is -0.436. The van der Waals surface area contributed by atoms with Crippen LogP contribution < -0.4 is 0 Å². The Kier molecular flexibility index (Phi) is 1.75. The Morgan fingerprint density at radius 2 is 2.07 bits per heavy atom. The maximum absolute atomic E-state index is 9.55. The van der Waals surface area contributed by atoms with Crippen molar-refractivity contribution in [3.8, 4) is 0 Å². The lowest BCUT2D eigenvalue weighted by Crippen LogP contribution is -2.33. The minimum Gasteiger partial charge on any atom is -0.392 e. The number of aliphatic hydroxyl groups excluding tert-OH is 1. The van der Waals surface area contributed by atoms with Crippen LogP contribution in [0.3, 0.4) is 0 Å². The molecule has 3 aliphatic heterocycles. The number of hydrogen-bond acceptors (Lipinski definition) is 4. The molecule has 3 rings (SSSR count). The van der Waals surface area contributed by atoms with Gasteiger partial charge in [-0.2, -0.15) is 0 Å². The van der Waals surface area contributed by atoms with Gasteiger partial charge in [-0.1, -0.05) is 0 Å². The monoisotopic (exact) mass is 199 g/mol. The zero-order valence-corrected chi connectivity index (χ0v) is 8.64. The van der Waals surface area contributed by atoms with Crippen LogP contribution in [0.15, 0.2) is 0 Å². The van der Waals surface area contributed by atoms with Crippen molar-refractivity contribution >= 4 is 0 Å². The van der Waals surface area contributed by atoms with E-state index in [1.807, 2.05) is 13.8 Å². The van der Waals surface area contributed by atoms with E-state index < -0.39 is 5.79 Å². The van der Waals surface area contributed by atoms with E-state index in [-0.39, 0.29) is 18.3 Å². The molecule has 0 aromatic rings. The van der Waals surface area contributed by atoms with E-state index in [1.165, 1.54) is 0 Å². The first kappa shape index (κ1) is 9.09. The standard InChI is InChI=1S/C10H17NO3/c1-10(2)13-8-5-11-4-6(12)3-7(11)9(8)14-10/h6-9,12H,3-5H2,1-2H3/t6-,7-,8+,9-/m1/s1. The van der Waals surface area contributed by atoms with Crippen molar-refractivity contribution in [2.45, 2.75) is 50.4 Å². The van der Waals surface area contributed by atoms with Gasteiger partial charge in [0, 0.05) is 19.1 Å². The molecule has 0 saturated carbocycles. The molecule has 80 valence electrons. The molecular formula is C10H17NO3. The third-order valence-corrected chi connectivity index (χ3v) is 3.44. The fraction of sp³-hybridized carbons (Fsp3) is 1.00. The Hall–Kier alpha value is -0.160. The lowest BCUT2D eigenvalue weighted by Gasteiger charge is -2.23. The largest absolute Gasteiger partial charge is 0.392 e. The summed E-state index contributed by atoms with van der Waals surface area (Å²) in [7, 11) is 0. The molecule has 3 saturated heterocycles. The number of aliphatic hydroxyl groups is 1. The van der Waals surface area contributed by atoms with Gasteiger partial charge in [-0.15, -0.1) is 0 Å². The summed E-state index contributed by atoms with van der Waals surface area (Å²) in [4.78, 5) is 2.29. The maximum atomic E-state index is 9.55. The second-order valence-corrected chi connectivity index (χ2v) is 5.05. The number of rotatable bonds is 0. The van der Waals surface area contributed by atoms with Gasteiger partial charge >= 0.3 is 0 Å². The highest BCUT2D eigenvalue weighted by molar-refractivity contribution is 5.04. The van der Waals surface area contributed by atoms with Crippen molar-refractivity contribution in [3.05, 3.63) is 0 Å². The second kappa shape index (κ2) is 2.70. The normalized spacial score (nSPS) is 50.8. The van der Waals surface area contributed by atoms with Crippen molar-refractivity contribution < 1.29 is 14.6 Å². The molecular weight excluding hydrogens is 182 g/mol. The SMILES string of the molecule is CC1(C)O[C@H]2[C@H](CN3C[C@H](O)C[C@H]23)O1. The first-order valence-electron chi connectivity index (χ1n) is 5.33. The van der Waals surface area contributed by atoms with Crippen molar-refractivity contribution in [1.82, 2.24) is 4.90 Å². The van der Waals surface area contributed by atoms with Gasteiger partial charge in [0.15, 0.2) is 5.79 Å². The van der Waals surface area contributed by atoms with E-state index in [9.17, 15) is 5.11 Å². The van der Waals surface area contributed by atoms with Crippen LogP contribution in [0.5, 0.6) is 0 Å². The highest BCUT2D eigenvalue weighted by Gasteiger charge is 2.54. The Balaban J connectivity index is 1.78. The highest BCUT2D eigenvalue weighted by atomic mass is 16.8. The summed E-state index contributed by atoms with van der Waals surface area (Å²) < 4.78 is 11.7. The zero-order valence-electron chi connectivity index (χ0n) is 8.64. The van der Waals surface area contributed by atoms with Crippen LogP contribution in [0.2, 0.25) is 0 Å². The molecule has 0 unspecified atom stereocenters. The van der Waals surface area contributed by atoms with E-state index >= 15 is 0 Å². The number of nitrogens with zero attached hydrogens (tertiary/aromatic N) is 1. The van der Waals surface area contributed by atoms with Crippen LogP contribution in [-0.2, 0) is 9.47 Å². The first-order chi connectivity index (χ1) is 6.55. The first-order valence-corrected chi connectivity index (χ1v) is 5.33. The van der Waals surface area contributed by atoms with Gasteiger partial charge < -0.3 is 14.6 Å². The van der Waals surface area contributed by atoms with Crippen LogP contribution >= 0.6 is 0 Å². The van der Waals surface area contributed by atoms with E-state index in [1.54, 1.807) is 0 Å².